The summed E-state index contributed by atoms with van der Waals surface area (Å²) >= 11 is 2.91. The summed E-state index contributed by atoms with van der Waals surface area (Å²) in [4.78, 5) is 17.6. The van der Waals surface area contributed by atoms with Crippen molar-refractivity contribution in [2.24, 2.45) is 0 Å². The summed E-state index contributed by atoms with van der Waals surface area (Å²) in [5.74, 6) is 0.840. The van der Waals surface area contributed by atoms with Gasteiger partial charge < -0.3 is 0 Å². The van der Waals surface area contributed by atoms with Gasteiger partial charge in [0.1, 0.15) is 16.7 Å². The van der Waals surface area contributed by atoms with E-state index in [9.17, 15) is 10.1 Å². The molecule has 0 radical (unpaired) electrons. The van der Waals surface area contributed by atoms with E-state index < -0.39 is 0 Å². The highest BCUT2D eigenvalue weighted by Crippen LogP contribution is 2.30. The van der Waals surface area contributed by atoms with Crippen LogP contribution in [0.4, 0.5) is 0 Å². The Morgan fingerprint density at radius 3 is 2.89 bits per heavy atom. The van der Waals surface area contributed by atoms with Crippen molar-refractivity contribution in [2.75, 3.05) is 5.75 Å². The van der Waals surface area contributed by atoms with Crippen molar-refractivity contribution in [3.63, 3.8) is 0 Å². The number of aromatic nitrogens is 2. The molecule has 0 saturated carbocycles. The van der Waals surface area contributed by atoms with Crippen molar-refractivity contribution in [1.82, 2.24) is 9.55 Å². The molecule has 1 aromatic carbocycles. The molecule has 3 rings (SSSR count). The number of thioether (sulfide) groups is 1. The first kappa shape index (κ1) is 12.3. The molecule has 94 valence electrons. The summed E-state index contributed by atoms with van der Waals surface area (Å²) in [5.41, 5.74) is -0.0870. The molecule has 0 fully saturated rings. The lowest BCUT2D eigenvalue weighted by Gasteiger charge is -2.06. The summed E-state index contributed by atoms with van der Waals surface area (Å²) in [6.45, 7) is 0.636. The molecule has 0 aliphatic carbocycles. The number of hydrogen-bond acceptors (Lipinski definition) is 5. The fourth-order valence-corrected chi connectivity index (χ4v) is 3.71. The van der Waals surface area contributed by atoms with Crippen LogP contribution in [0.2, 0.25) is 0 Å². The summed E-state index contributed by atoms with van der Waals surface area (Å²) in [6.07, 6.45) is 0. The van der Waals surface area contributed by atoms with Gasteiger partial charge in [-0.1, -0.05) is 41.7 Å². The number of benzene rings is 1. The van der Waals surface area contributed by atoms with E-state index in [-0.39, 0.29) is 11.1 Å². The minimum atomic E-state index is -0.226. The summed E-state index contributed by atoms with van der Waals surface area (Å²) in [6, 6.07) is 11.6. The lowest BCUT2D eigenvalue weighted by atomic mass is 10.3. The average Bonchev–Trinajstić information content (AvgIpc) is 2.89. The Labute approximate surface area is 118 Å². The first-order chi connectivity index (χ1) is 9.29. The van der Waals surface area contributed by atoms with Crippen molar-refractivity contribution < 1.29 is 0 Å². The zero-order valence-corrected chi connectivity index (χ0v) is 11.5. The van der Waals surface area contributed by atoms with Crippen LogP contribution in [-0.4, -0.2) is 15.3 Å². The van der Waals surface area contributed by atoms with E-state index in [0.29, 0.717) is 16.7 Å². The van der Waals surface area contributed by atoms with Crippen molar-refractivity contribution in [3.05, 3.63) is 46.2 Å². The molecular weight excluding hydrogens is 278 g/mol. The van der Waals surface area contributed by atoms with E-state index in [1.165, 1.54) is 11.8 Å². The second-order valence-electron chi connectivity index (χ2n) is 3.91. The number of hydrogen-bond donors (Lipinski definition) is 0. The maximum absolute atomic E-state index is 12.2. The Hall–Kier alpha value is -1.71. The molecule has 0 spiro atoms. The molecule has 1 aromatic heterocycles. The van der Waals surface area contributed by atoms with Gasteiger partial charge >= 0.3 is 0 Å². The molecule has 6 heteroatoms. The second kappa shape index (κ2) is 5.11. The molecule has 1 aliphatic rings. The summed E-state index contributed by atoms with van der Waals surface area (Å²) in [7, 11) is 0. The standard InChI is InChI=1S/C13H9N3OS2/c14-8-10-11(19-9-4-2-1-3-5-9)15-13-16(12(10)17)6-7-18-13/h1-5H,6-7H2. The van der Waals surface area contributed by atoms with Crippen molar-refractivity contribution in [3.8, 4) is 6.07 Å². The summed E-state index contributed by atoms with van der Waals surface area (Å²) in [5, 5.41) is 10.4. The molecule has 4 nitrogen and oxygen atoms in total. The van der Waals surface area contributed by atoms with Crippen LogP contribution in [0, 0.1) is 11.3 Å². The van der Waals surface area contributed by atoms with Crippen molar-refractivity contribution >= 4 is 23.5 Å². The van der Waals surface area contributed by atoms with E-state index in [1.807, 2.05) is 36.4 Å². The van der Waals surface area contributed by atoms with E-state index in [4.69, 9.17) is 0 Å². The first-order valence-electron chi connectivity index (χ1n) is 5.70. The number of rotatable bonds is 2. The van der Waals surface area contributed by atoms with Crippen LogP contribution in [0.1, 0.15) is 5.56 Å². The molecule has 0 bridgehead atoms. The Morgan fingerprint density at radius 1 is 1.37 bits per heavy atom. The second-order valence-corrected chi connectivity index (χ2v) is 6.03. The predicted octanol–water partition coefficient (Wildman–Crippen LogP) is 2.37. The van der Waals surface area contributed by atoms with Gasteiger partial charge in [0.15, 0.2) is 5.16 Å². The zero-order valence-electron chi connectivity index (χ0n) is 9.87. The van der Waals surface area contributed by atoms with Gasteiger partial charge in [0, 0.05) is 17.2 Å². The van der Waals surface area contributed by atoms with Gasteiger partial charge in [-0.05, 0) is 12.1 Å². The van der Waals surface area contributed by atoms with Gasteiger partial charge in [0.2, 0.25) is 0 Å². The van der Waals surface area contributed by atoms with Crippen molar-refractivity contribution in [2.45, 2.75) is 21.6 Å². The third-order valence-electron chi connectivity index (χ3n) is 2.72. The molecule has 19 heavy (non-hydrogen) atoms. The molecule has 0 N–H and O–H groups in total. The van der Waals surface area contributed by atoms with Crippen LogP contribution >= 0.6 is 23.5 Å². The maximum Gasteiger partial charge on any atom is 0.273 e. The Bertz CT molecular complexity index is 719. The average molecular weight is 287 g/mol. The van der Waals surface area contributed by atoms with Gasteiger partial charge in [-0.2, -0.15) is 5.26 Å². The quantitative estimate of drug-likeness (QED) is 0.627. The smallest absolute Gasteiger partial charge is 0.273 e. The van der Waals surface area contributed by atoms with E-state index in [2.05, 4.69) is 4.98 Å². The fraction of sp³-hybridized carbons (Fsp3) is 0.154. The van der Waals surface area contributed by atoms with Gasteiger partial charge in [-0.25, -0.2) is 4.98 Å². The topological polar surface area (TPSA) is 58.7 Å². The Balaban J connectivity index is 2.09. The molecule has 2 heterocycles. The Kier molecular flexibility index (Phi) is 3.32. The molecule has 0 amide bonds. The molecule has 0 atom stereocenters. The van der Waals surface area contributed by atoms with Crippen molar-refractivity contribution in [1.29, 1.82) is 5.26 Å². The predicted molar refractivity (Wildman–Crippen MR) is 74.5 cm³/mol. The minimum absolute atomic E-state index is 0.139. The molecular formula is C13H9N3OS2. The zero-order chi connectivity index (χ0) is 13.2. The first-order valence-corrected chi connectivity index (χ1v) is 7.50. The number of nitrogens with zero attached hydrogens (tertiary/aromatic N) is 3. The third-order valence-corrected chi connectivity index (χ3v) is 4.67. The number of nitriles is 1. The summed E-state index contributed by atoms with van der Waals surface area (Å²) < 4.78 is 1.58. The Morgan fingerprint density at radius 2 is 2.16 bits per heavy atom. The number of fused-ring (bicyclic) bond motifs is 1. The largest absolute Gasteiger partial charge is 0.286 e. The highest BCUT2D eigenvalue weighted by atomic mass is 32.2. The fourth-order valence-electron chi connectivity index (χ4n) is 1.82. The highest BCUT2D eigenvalue weighted by Gasteiger charge is 2.21. The van der Waals surface area contributed by atoms with Crippen LogP contribution in [0.15, 0.2) is 50.2 Å². The lowest BCUT2D eigenvalue weighted by molar-refractivity contribution is 0.633. The van der Waals surface area contributed by atoms with E-state index in [0.717, 1.165) is 10.6 Å². The SMILES string of the molecule is N#Cc1c(Sc2ccccc2)nc2n(c1=O)CCS2. The minimum Gasteiger partial charge on any atom is -0.286 e. The third kappa shape index (κ3) is 2.27. The van der Waals surface area contributed by atoms with Gasteiger partial charge in [-0.15, -0.1) is 0 Å². The van der Waals surface area contributed by atoms with Crippen LogP contribution in [0.5, 0.6) is 0 Å². The van der Waals surface area contributed by atoms with Gasteiger partial charge in [0.05, 0.1) is 0 Å². The van der Waals surface area contributed by atoms with Crippen LogP contribution < -0.4 is 5.56 Å². The van der Waals surface area contributed by atoms with E-state index >= 15 is 0 Å². The van der Waals surface area contributed by atoms with Gasteiger partial charge in [0.25, 0.3) is 5.56 Å². The lowest BCUT2D eigenvalue weighted by Crippen LogP contribution is -2.23. The van der Waals surface area contributed by atoms with Crippen LogP contribution in [-0.2, 0) is 6.54 Å². The molecule has 0 saturated heterocycles. The van der Waals surface area contributed by atoms with Crippen LogP contribution in [0.25, 0.3) is 0 Å². The normalized spacial score (nSPS) is 13.0. The molecule has 0 unspecified atom stereocenters. The maximum atomic E-state index is 12.2. The highest BCUT2D eigenvalue weighted by molar-refractivity contribution is 8.00. The van der Waals surface area contributed by atoms with Crippen LogP contribution in [0.3, 0.4) is 0 Å². The van der Waals surface area contributed by atoms with Gasteiger partial charge in [-0.3, -0.25) is 9.36 Å². The monoisotopic (exact) mass is 287 g/mol. The molecule has 1 aliphatic heterocycles. The van der Waals surface area contributed by atoms with E-state index in [1.54, 1.807) is 16.3 Å². The molecule has 2 aromatic rings.